The normalized spacial score (nSPS) is 23.0. The van der Waals surface area contributed by atoms with Crippen LogP contribution in [0.5, 0.6) is 0 Å². The zero-order chi connectivity index (χ0) is 23.5. The summed E-state index contributed by atoms with van der Waals surface area (Å²) in [7, 11) is 1.69. The highest BCUT2D eigenvalue weighted by atomic mass is 35.5. The molecule has 32 heavy (non-hydrogen) atoms. The van der Waals surface area contributed by atoms with E-state index in [0.29, 0.717) is 6.61 Å². The fourth-order valence-corrected chi connectivity index (χ4v) is 5.00. The number of aryl methyl sites for hydroxylation is 1. The predicted molar refractivity (Wildman–Crippen MR) is 126 cm³/mol. The Kier molecular flexibility index (Phi) is 7.56. The molecule has 176 valence electrons. The highest BCUT2D eigenvalue weighted by Crippen LogP contribution is 2.50. The third-order valence-electron chi connectivity index (χ3n) is 6.60. The number of carboxylic acids is 1. The van der Waals surface area contributed by atoms with E-state index in [1.807, 2.05) is 12.3 Å². The number of benzene rings is 1. The second-order valence-electron chi connectivity index (χ2n) is 10.1. The van der Waals surface area contributed by atoms with Gasteiger partial charge in [0.05, 0.1) is 12.0 Å². The summed E-state index contributed by atoms with van der Waals surface area (Å²) >= 11 is 6.71. The summed E-state index contributed by atoms with van der Waals surface area (Å²) in [6.45, 7) is 7.44. The summed E-state index contributed by atoms with van der Waals surface area (Å²) in [6.07, 6.45) is 6.28. The van der Waals surface area contributed by atoms with Crippen molar-refractivity contribution >= 4 is 23.6 Å². The minimum atomic E-state index is -0.923. The molecule has 1 aromatic rings. The number of amides is 2. The van der Waals surface area contributed by atoms with Crippen LogP contribution in [0.1, 0.15) is 64.0 Å². The Morgan fingerprint density at radius 1 is 1.38 bits per heavy atom. The van der Waals surface area contributed by atoms with Crippen LogP contribution in [0.3, 0.4) is 0 Å². The third-order valence-corrected chi connectivity index (χ3v) is 6.96. The molecule has 0 aromatic heterocycles. The van der Waals surface area contributed by atoms with Crippen molar-refractivity contribution in [2.45, 2.75) is 64.8 Å². The number of aliphatic carboxylic acids is 1. The summed E-state index contributed by atoms with van der Waals surface area (Å²) < 4.78 is 5.31. The summed E-state index contributed by atoms with van der Waals surface area (Å²) in [5.74, 6) is -0.671. The molecule has 1 aliphatic carbocycles. The SMILES string of the molecule is COCCC1CCC2(c3ccc(CCC(C)(C)C)c(Cl)c3)NC(=O)N(CCC(=O)O)C=C12. The van der Waals surface area contributed by atoms with Crippen molar-refractivity contribution in [1.29, 1.82) is 0 Å². The maximum absolute atomic E-state index is 12.9. The molecule has 2 atom stereocenters. The molecule has 6 nitrogen and oxygen atoms in total. The van der Waals surface area contributed by atoms with Crippen LogP contribution in [0.25, 0.3) is 0 Å². The fourth-order valence-electron chi connectivity index (χ4n) is 4.72. The quantitative estimate of drug-likeness (QED) is 0.518. The summed E-state index contributed by atoms with van der Waals surface area (Å²) in [5.41, 5.74) is 2.83. The second-order valence-corrected chi connectivity index (χ2v) is 10.5. The van der Waals surface area contributed by atoms with Crippen molar-refractivity contribution < 1.29 is 19.4 Å². The number of carboxylic acid groups (broad SMARTS) is 1. The first kappa shape index (κ1) is 24.6. The van der Waals surface area contributed by atoms with Gasteiger partial charge in [-0.05, 0) is 66.2 Å². The number of carbonyl (C=O) groups is 2. The maximum Gasteiger partial charge on any atom is 0.322 e. The number of rotatable bonds is 9. The Morgan fingerprint density at radius 2 is 2.12 bits per heavy atom. The van der Waals surface area contributed by atoms with Gasteiger partial charge in [-0.15, -0.1) is 0 Å². The lowest BCUT2D eigenvalue weighted by Crippen LogP contribution is -2.54. The van der Waals surface area contributed by atoms with Crippen molar-refractivity contribution in [1.82, 2.24) is 10.2 Å². The molecule has 3 rings (SSSR count). The van der Waals surface area contributed by atoms with E-state index in [-0.39, 0.29) is 30.3 Å². The van der Waals surface area contributed by atoms with Crippen molar-refractivity contribution in [3.63, 3.8) is 0 Å². The Labute approximate surface area is 196 Å². The van der Waals surface area contributed by atoms with Crippen LogP contribution in [-0.2, 0) is 21.5 Å². The second kappa shape index (κ2) is 9.84. The van der Waals surface area contributed by atoms with E-state index in [4.69, 9.17) is 21.4 Å². The van der Waals surface area contributed by atoms with Crippen LogP contribution in [0, 0.1) is 11.3 Å². The van der Waals surface area contributed by atoms with Gasteiger partial charge in [0, 0.05) is 31.5 Å². The summed E-state index contributed by atoms with van der Waals surface area (Å²) in [4.78, 5) is 25.5. The van der Waals surface area contributed by atoms with Crippen LogP contribution >= 0.6 is 11.6 Å². The highest BCUT2D eigenvalue weighted by Gasteiger charge is 2.49. The highest BCUT2D eigenvalue weighted by molar-refractivity contribution is 6.31. The van der Waals surface area contributed by atoms with Gasteiger partial charge in [-0.25, -0.2) is 4.79 Å². The molecular weight excluding hydrogens is 428 g/mol. The van der Waals surface area contributed by atoms with Gasteiger partial charge in [0.15, 0.2) is 0 Å². The van der Waals surface area contributed by atoms with Crippen LogP contribution < -0.4 is 5.32 Å². The van der Waals surface area contributed by atoms with E-state index < -0.39 is 11.5 Å². The standard InChI is InChI=1S/C25H35ClN2O4/c1-24(2,3)11-7-18-5-6-19(15-21(18)26)25-12-8-17(10-14-32-4)20(25)16-28(23(31)27-25)13-9-22(29)30/h5-6,15-17H,7-14H2,1-4H3,(H,27,31)(H,29,30). The molecular formula is C25H35ClN2O4. The zero-order valence-corrected chi connectivity index (χ0v) is 20.3. The lowest BCUT2D eigenvalue weighted by Gasteiger charge is -2.40. The molecule has 1 aliphatic heterocycles. The molecule has 0 spiro atoms. The average Bonchev–Trinajstić information content (AvgIpc) is 3.07. The number of carbonyl (C=O) groups excluding carboxylic acids is 1. The minimum absolute atomic E-state index is 0.0960. The number of nitrogens with zero attached hydrogens (tertiary/aromatic N) is 1. The number of ether oxygens (including phenoxy) is 1. The third kappa shape index (κ3) is 5.46. The van der Waals surface area contributed by atoms with E-state index in [2.05, 4.69) is 38.2 Å². The van der Waals surface area contributed by atoms with E-state index >= 15 is 0 Å². The molecule has 7 heteroatoms. The maximum atomic E-state index is 12.9. The van der Waals surface area contributed by atoms with Crippen molar-refractivity contribution in [2.24, 2.45) is 11.3 Å². The molecule has 2 N–H and O–H groups in total. The number of nitrogens with one attached hydrogen (secondary N) is 1. The number of hydrogen-bond acceptors (Lipinski definition) is 3. The first-order chi connectivity index (χ1) is 15.1. The van der Waals surface area contributed by atoms with Crippen LogP contribution in [0.2, 0.25) is 5.02 Å². The molecule has 1 fully saturated rings. The molecule has 2 amide bonds. The Hall–Kier alpha value is -2.05. The van der Waals surface area contributed by atoms with Gasteiger partial charge >= 0.3 is 12.0 Å². The Bertz CT molecular complexity index is 892. The van der Waals surface area contributed by atoms with Crippen molar-refractivity contribution in [2.75, 3.05) is 20.3 Å². The number of urea groups is 1. The van der Waals surface area contributed by atoms with E-state index in [1.165, 1.54) is 4.90 Å². The van der Waals surface area contributed by atoms with Crippen molar-refractivity contribution in [3.8, 4) is 0 Å². The largest absolute Gasteiger partial charge is 0.481 e. The Morgan fingerprint density at radius 3 is 2.75 bits per heavy atom. The topological polar surface area (TPSA) is 78.9 Å². The fraction of sp³-hybridized carbons (Fsp3) is 0.600. The summed E-state index contributed by atoms with van der Waals surface area (Å²) in [5, 5.41) is 13.0. The molecule has 0 saturated heterocycles. The monoisotopic (exact) mass is 462 g/mol. The van der Waals surface area contributed by atoms with Crippen LogP contribution in [0.15, 0.2) is 30.0 Å². The van der Waals surface area contributed by atoms with Gasteiger partial charge in [0.1, 0.15) is 0 Å². The van der Waals surface area contributed by atoms with E-state index in [9.17, 15) is 9.59 Å². The lowest BCUT2D eigenvalue weighted by molar-refractivity contribution is -0.137. The first-order valence-corrected chi connectivity index (χ1v) is 11.7. The molecule has 1 aromatic carbocycles. The molecule has 1 heterocycles. The van der Waals surface area contributed by atoms with E-state index in [0.717, 1.165) is 53.8 Å². The number of hydrogen-bond donors (Lipinski definition) is 2. The Balaban J connectivity index is 1.94. The molecule has 0 bridgehead atoms. The number of fused-ring (bicyclic) bond motifs is 1. The van der Waals surface area contributed by atoms with E-state index in [1.54, 1.807) is 7.11 Å². The van der Waals surface area contributed by atoms with Gasteiger partial charge in [0.25, 0.3) is 0 Å². The number of halogens is 1. The predicted octanol–water partition coefficient (Wildman–Crippen LogP) is 5.34. The molecule has 0 radical (unpaired) electrons. The lowest BCUT2D eigenvalue weighted by atomic mass is 9.80. The van der Waals surface area contributed by atoms with Crippen LogP contribution in [0.4, 0.5) is 4.79 Å². The van der Waals surface area contributed by atoms with Crippen molar-refractivity contribution in [3.05, 3.63) is 46.1 Å². The van der Waals surface area contributed by atoms with Gasteiger partial charge in [-0.3, -0.25) is 4.79 Å². The average molecular weight is 463 g/mol. The summed E-state index contributed by atoms with van der Waals surface area (Å²) in [6, 6.07) is 5.90. The number of methoxy groups -OCH3 is 1. The van der Waals surface area contributed by atoms with Gasteiger partial charge < -0.3 is 20.1 Å². The first-order valence-electron chi connectivity index (χ1n) is 11.4. The molecule has 2 aliphatic rings. The zero-order valence-electron chi connectivity index (χ0n) is 19.5. The molecule has 2 unspecified atom stereocenters. The molecule has 1 saturated carbocycles. The smallest absolute Gasteiger partial charge is 0.322 e. The van der Waals surface area contributed by atoms with Gasteiger partial charge in [-0.2, -0.15) is 0 Å². The van der Waals surface area contributed by atoms with Crippen LogP contribution in [-0.4, -0.2) is 42.3 Å². The minimum Gasteiger partial charge on any atom is -0.481 e. The van der Waals surface area contributed by atoms with Gasteiger partial charge in [0.2, 0.25) is 0 Å². The van der Waals surface area contributed by atoms with Gasteiger partial charge in [-0.1, -0.05) is 44.5 Å².